The summed E-state index contributed by atoms with van der Waals surface area (Å²) in [4.78, 5) is 17.1. The van der Waals surface area contributed by atoms with Crippen LogP contribution in [-0.2, 0) is 0 Å². The Kier molecular flexibility index (Phi) is 4.05. The molecule has 0 aliphatic carbocycles. The predicted molar refractivity (Wildman–Crippen MR) is 104 cm³/mol. The Bertz CT molecular complexity index is 1110. The highest BCUT2D eigenvalue weighted by atomic mass is 32.1. The van der Waals surface area contributed by atoms with E-state index in [0.29, 0.717) is 16.7 Å². The molecule has 0 aliphatic heterocycles. The zero-order chi connectivity index (χ0) is 18.3. The molecule has 6 heteroatoms. The lowest BCUT2D eigenvalue weighted by Crippen LogP contribution is -2.11. The molecule has 1 N–H and O–H groups in total. The number of carbonyl (C=O) groups excluding carboxylic acids is 1. The van der Waals surface area contributed by atoms with E-state index < -0.39 is 0 Å². The van der Waals surface area contributed by atoms with Crippen molar-refractivity contribution in [2.24, 2.45) is 0 Å². The average molecular weight is 363 g/mol. The van der Waals surface area contributed by atoms with Crippen molar-refractivity contribution >= 4 is 33.5 Å². The standard InChI is InChI=1S/C20H17N3O2S/c1-11-9-12(2)16-13(3)17(25-15(16)10-11)19(24)22-20-21-18(23-26-20)14-7-5-4-6-8-14/h4-10H,1-3H3,(H,21,22,23,24). The third-order valence-electron chi connectivity index (χ3n) is 4.26. The number of furan rings is 1. The molecule has 1 amide bonds. The van der Waals surface area contributed by atoms with Gasteiger partial charge in [-0.2, -0.15) is 9.36 Å². The van der Waals surface area contributed by atoms with Gasteiger partial charge in [-0.25, -0.2) is 0 Å². The summed E-state index contributed by atoms with van der Waals surface area (Å²) < 4.78 is 10.1. The molecule has 0 spiro atoms. The van der Waals surface area contributed by atoms with E-state index in [-0.39, 0.29) is 5.91 Å². The quantitative estimate of drug-likeness (QED) is 0.548. The van der Waals surface area contributed by atoms with Crippen LogP contribution in [0.2, 0.25) is 0 Å². The van der Waals surface area contributed by atoms with E-state index in [4.69, 9.17) is 4.42 Å². The van der Waals surface area contributed by atoms with Crippen molar-refractivity contribution < 1.29 is 9.21 Å². The van der Waals surface area contributed by atoms with Crippen molar-refractivity contribution in [2.45, 2.75) is 20.8 Å². The summed E-state index contributed by atoms with van der Waals surface area (Å²) in [5, 5.41) is 4.23. The Balaban J connectivity index is 1.63. The molecule has 130 valence electrons. The molecule has 0 saturated carbocycles. The molecule has 0 fully saturated rings. The number of aromatic nitrogens is 2. The van der Waals surface area contributed by atoms with Crippen molar-refractivity contribution in [2.75, 3.05) is 5.32 Å². The Morgan fingerprint density at radius 3 is 2.65 bits per heavy atom. The fourth-order valence-corrected chi connectivity index (χ4v) is 3.72. The number of benzene rings is 2. The van der Waals surface area contributed by atoms with Gasteiger partial charge in [0, 0.05) is 28.0 Å². The highest BCUT2D eigenvalue weighted by Gasteiger charge is 2.20. The van der Waals surface area contributed by atoms with Crippen LogP contribution in [0, 0.1) is 20.8 Å². The first-order chi connectivity index (χ1) is 12.5. The van der Waals surface area contributed by atoms with Crippen LogP contribution >= 0.6 is 11.5 Å². The molecule has 0 bridgehead atoms. The van der Waals surface area contributed by atoms with Crippen molar-refractivity contribution in [1.82, 2.24) is 9.36 Å². The van der Waals surface area contributed by atoms with Crippen molar-refractivity contribution in [3.05, 3.63) is 64.9 Å². The number of fused-ring (bicyclic) bond motifs is 1. The Morgan fingerprint density at radius 2 is 1.88 bits per heavy atom. The van der Waals surface area contributed by atoms with Crippen molar-refractivity contribution in [3.8, 4) is 11.4 Å². The van der Waals surface area contributed by atoms with Crippen LogP contribution in [0.25, 0.3) is 22.4 Å². The van der Waals surface area contributed by atoms with Gasteiger partial charge in [0.05, 0.1) is 0 Å². The summed E-state index contributed by atoms with van der Waals surface area (Å²) in [7, 11) is 0. The van der Waals surface area contributed by atoms with Crippen LogP contribution < -0.4 is 5.32 Å². The second-order valence-electron chi connectivity index (χ2n) is 6.25. The van der Waals surface area contributed by atoms with Gasteiger partial charge >= 0.3 is 0 Å². The van der Waals surface area contributed by atoms with Crippen molar-refractivity contribution in [3.63, 3.8) is 0 Å². The Labute approximate surface area is 154 Å². The van der Waals surface area contributed by atoms with Gasteiger partial charge in [0.1, 0.15) is 5.58 Å². The van der Waals surface area contributed by atoms with E-state index >= 15 is 0 Å². The summed E-state index contributed by atoms with van der Waals surface area (Å²) in [6.07, 6.45) is 0. The minimum atomic E-state index is -0.313. The number of hydrogen-bond acceptors (Lipinski definition) is 5. The van der Waals surface area contributed by atoms with Crippen molar-refractivity contribution in [1.29, 1.82) is 0 Å². The number of hydrogen-bond donors (Lipinski definition) is 1. The van der Waals surface area contributed by atoms with Crippen LogP contribution in [0.3, 0.4) is 0 Å². The van der Waals surface area contributed by atoms with Gasteiger partial charge in [-0.1, -0.05) is 36.4 Å². The van der Waals surface area contributed by atoms with Crippen LogP contribution in [0.4, 0.5) is 5.13 Å². The maximum Gasteiger partial charge on any atom is 0.293 e. The summed E-state index contributed by atoms with van der Waals surface area (Å²) >= 11 is 1.15. The fourth-order valence-electron chi connectivity index (χ4n) is 3.14. The molecular weight excluding hydrogens is 346 g/mol. The third-order valence-corrected chi connectivity index (χ3v) is 4.89. The lowest BCUT2D eigenvalue weighted by atomic mass is 10.0. The second kappa shape index (κ2) is 6.38. The lowest BCUT2D eigenvalue weighted by Gasteiger charge is -1.99. The molecule has 0 radical (unpaired) electrons. The largest absolute Gasteiger partial charge is 0.451 e. The predicted octanol–water partition coefficient (Wildman–Crippen LogP) is 5.13. The molecule has 0 aliphatic rings. The molecule has 2 aromatic heterocycles. The summed E-state index contributed by atoms with van der Waals surface area (Å²) in [5.74, 6) is 0.593. The minimum absolute atomic E-state index is 0.310. The van der Waals surface area contributed by atoms with Gasteiger partial charge in [0.25, 0.3) is 5.91 Å². The zero-order valence-electron chi connectivity index (χ0n) is 14.7. The average Bonchev–Trinajstić information content (AvgIpc) is 3.20. The highest BCUT2D eigenvalue weighted by Crippen LogP contribution is 2.30. The third kappa shape index (κ3) is 2.88. The molecular formula is C20H17N3O2S. The maximum atomic E-state index is 12.7. The smallest absolute Gasteiger partial charge is 0.293 e. The monoisotopic (exact) mass is 363 g/mol. The number of amides is 1. The first-order valence-electron chi connectivity index (χ1n) is 8.24. The normalized spacial score (nSPS) is 11.0. The molecule has 4 aromatic rings. The van der Waals surface area contributed by atoms with E-state index in [1.165, 1.54) is 0 Å². The summed E-state index contributed by atoms with van der Waals surface area (Å²) in [6, 6.07) is 13.7. The maximum absolute atomic E-state index is 12.7. The molecule has 0 unspecified atom stereocenters. The van der Waals surface area contributed by atoms with E-state index in [1.54, 1.807) is 0 Å². The molecule has 0 saturated heterocycles. The van der Waals surface area contributed by atoms with E-state index in [2.05, 4.69) is 20.7 Å². The summed E-state index contributed by atoms with van der Waals surface area (Å²) in [5.41, 5.74) is 4.68. The van der Waals surface area contributed by atoms with Gasteiger partial charge in [-0.3, -0.25) is 10.1 Å². The lowest BCUT2D eigenvalue weighted by molar-refractivity contribution is 0.0998. The van der Waals surface area contributed by atoms with E-state index in [1.807, 2.05) is 57.2 Å². The van der Waals surface area contributed by atoms with E-state index in [9.17, 15) is 4.79 Å². The number of nitrogens with zero attached hydrogens (tertiary/aromatic N) is 2. The van der Waals surface area contributed by atoms with Gasteiger partial charge in [-0.05, 0) is 38.0 Å². The minimum Gasteiger partial charge on any atom is -0.451 e. The van der Waals surface area contributed by atoms with Crippen LogP contribution in [0.1, 0.15) is 27.2 Å². The Hall–Kier alpha value is -2.99. The molecule has 5 nitrogen and oxygen atoms in total. The van der Waals surface area contributed by atoms with Gasteiger partial charge in [-0.15, -0.1) is 0 Å². The molecule has 0 atom stereocenters. The molecule has 2 heterocycles. The zero-order valence-corrected chi connectivity index (χ0v) is 15.5. The van der Waals surface area contributed by atoms with Gasteiger partial charge in [0.15, 0.2) is 11.6 Å². The number of carbonyl (C=O) groups is 1. The van der Waals surface area contributed by atoms with Crippen LogP contribution in [0.5, 0.6) is 0 Å². The molecule has 26 heavy (non-hydrogen) atoms. The summed E-state index contributed by atoms with van der Waals surface area (Å²) in [6.45, 7) is 5.94. The molecule has 2 aromatic carbocycles. The van der Waals surface area contributed by atoms with Gasteiger partial charge < -0.3 is 4.42 Å². The molecule has 4 rings (SSSR count). The van der Waals surface area contributed by atoms with E-state index in [0.717, 1.165) is 44.8 Å². The SMILES string of the molecule is Cc1cc(C)c2c(C)c(C(=O)Nc3nc(-c4ccccc4)ns3)oc2c1. The first-order valence-corrected chi connectivity index (χ1v) is 9.01. The first kappa shape index (κ1) is 16.5. The topological polar surface area (TPSA) is 68.0 Å². The fraction of sp³-hybridized carbons (Fsp3) is 0.150. The highest BCUT2D eigenvalue weighted by molar-refractivity contribution is 7.10. The number of nitrogens with one attached hydrogen (secondary N) is 1. The number of rotatable bonds is 3. The Morgan fingerprint density at radius 1 is 1.12 bits per heavy atom. The second-order valence-corrected chi connectivity index (χ2v) is 7.01. The van der Waals surface area contributed by atoms with Crippen LogP contribution in [-0.4, -0.2) is 15.3 Å². The number of aryl methyl sites for hydroxylation is 3. The van der Waals surface area contributed by atoms with Gasteiger partial charge in [0.2, 0.25) is 5.13 Å². The number of anilines is 1. The van der Waals surface area contributed by atoms with Crippen LogP contribution in [0.15, 0.2) is 46.9 Å².